The van der Waals surface area contributed by atoms with Crippen LogP contribution in [0.5, 0.6) is 5.75 Å². The number of urea groups is 1. The van der Waals surface area contributed by atoms with E-state index in [1.807, 2.05) is 13.1 Å². The number of allylic oxidation sites excluding steroid dienone is 6. The molecule has 0 bridgehead atoms. The smallest absolute Gasteiger partial charge is 0.317 e. The number of phenolic OH excluding ortho intramolecular Hbond substituents is 1. The molecule has 156 valence electrons. The van der Waals surface area contributed by atoms with Gasteiger partial charge < -0.3 is 20.1 Å². The maximum Gasteiger partial charge on any atom is 0.317 e. The summed E-state index contributed by atoms with van der Waals surface area (Å²) in [6.07, 6.45) is 13.1. The Morgan fingerprint density at radius 1 is 1.31 bits per heavy atom. The zero-order valence-electron chi connectivity index (χ0n) is 17.5. The third kappa shape index (κ3) is 10.7. The van der Waals surface area contributed by atoms with Gasteiger partial charge in [0, 0.05) is 50.5 Å². The molecule has 0 fully saturated rings. The normalized spacial score (nSPS) is 17.6. The summed E-state index contributed by atoms with van der Waals surface area (Å²) in [4.78, 5) is 27.6. The number of phenols is 1. The molecule has 2 rings (SSSR count). The zero-order valence-corrected chi connectivity index (χ0v) is 17.5. The third-order valence-corrected chi connectivity index (χ3v) is 4.05. The Kier molecular flexibility index (Phi) is 11.5. The fourth-order valence-electron chi connectivity index (χ4n) is 2.45. The second-order valence-electron chi connectivity index (χ2n) is 6.69. The molecule has 0 unspecified atom stereocenters. The van der Waals surface area contributed by atoms with Gasteiger partial charge in [-0.15, -0.1) is 0 Å². The van der Waals surface area contributed by atoms with Crippen LogP contribution in [0.1, 0.15) is 38.7 Å². The highest BCUT2D eigenvalue weighted by Crippen LogP contribution is 2.14. The first-order valence-corrected chi connectivity index (χ1v) is 9.67. The molecular weight excluding hydrogens is 366 g/mol. The minimum Gasteiger partial charge on any atom is -0.508 e. The first-order valence-electron chi connectivity index (χ1n) is 9.67. The van der Waals surface area contributed by atoms with Crippen molar-refractivity contribution in [1.82, 2.24) is 10.2 Å². The topological polar surface area (TPSA) is 82.0 Å². The Morgan fingerprint density at radius 3 is 2.79 bits per heavy atom. The number of carbonyl (C=O) groups is 2. The molecule has 0 saturated heterocycles. The van der Waals surface area contributed by atoms with E-state index in [2.05, 4.69) is 41.5 Å². The van der Waals surface area contributed by atoms with Crippen LogP contribution in [0.2, 0.25) is 0 Å². The van der Waals surface area contributed by atoms with Crippen molar-refractivity contribution >= 4 is 18.5 Å². The summed E-state index contributed by atoms with van der Waals surface area (Å²) in [5.74, 6) is 0.168. The molecular formula is C23H31N3O3. The van der Waals surface area contributed by atoms with E-state index in [0.717, 1.165) is 18.4 Å². The molecule has 6 nitrogen and oxygen atoms in total. The predicted octanol–water partition coefficient (Wildman–Crippen LogP) is 4.38. The molecule has 1 heterocycles. The van der Waals surface area contributed by atoms with Crippen LogP contribution in [0, 0.1) is 0 Å². The Balaban J connectivity index is 0.000000326. The van der Waals surface area contributed by atoms with Gasteiger partial charge in [0.25, 0.3) is 0 Å². The summed E-state index contributed by atoms with van der Waals surface area (Å²) in [7, 11) is 1.67. The molecule has 2 N–H and O–H groups in total. The minimum absolute atomic E-state index is 0.168. The molecule has 0 aromatic heterocycles. The number of nitrogens with zero attached hydrogens (tertiary/aromatic N) is 2. The highest BCUT2D eigenvalue weighted by molar-refractivity contribution is 5.73. The number of aldehydes is 1. The summed E-state index contributed by atoms with van der Waals surface area (Å²) in [5.41, 5.74) is 2.99. The lowest BCUT2D eigenvalue weighted by atomic mass is 10.2. The molecule has 0 atom stereocenters. The van der Waals surface area contributed by atoms with Crippen molar-refractivity contribution in [2.45, 2.75) is 39.7 Å². The van der Waals surface area contributed by atoms with Crippen LogP contribution in [0.15, 0.2) is 64.8 Å². The highest BCUT2D eigenvalue weighted by atomic mass is 16.3. The molecule has 1 aromatic carbocycles. The molecule has 1 aromatic rings. The number of para-hydroxylation sites is 1. The molecule has 0 saturated carbocycles. The van der Waals surface area contributed by atoms with Crippen LogP contribution in [-0.2, 0) is 11.3 Å². The van der Waals surface area contributed by atoms with Crippen LogP contribution in [0.3, 0.4) is 0 Å². The third-order valence-electron chi connectivity index (χ3n) is 4.05. The fraction of sp³-hybridized carbons (Fsp3) is 0.348. The molecule has 2 amide bonds. The van der Waals surface area contributed by atoms with Gasteiger partial charge in [-0.3, -0.25) is 4.99 Å². The lowest BCUT2D eigenvalue weighted by Crippen LogP contribution is -2.37. The Bertz CT molecular complexity index is 779. The number of carbonyl (C=O) groups excluding carboxylic acids is 2. The molecule has 1 aliphatic heterocycles. The van der Waals surface area contributed by atoms with Crippen LogP contribution >= 0.6 is 0 Å². The minimum atomic E-state index is -0.218. The number of nitrogens with one attached hydrogen (secondary N) is 1. The highest BCUT2D eigenvalue weighted by Gasteiger charge is 2.08. The summed E-state index contributed by atoms with van der Waals surface area (Å²) in [5, 5.41) is 12.2. The molecule has 0 spiro atoms. The van der Waals surface area contributed by atoms with Crippen molar-refractivity contribution in [3.05, 3.63) is 65.4 Å². The zero-order chi connectivity index (χ0) is 21.5. The van der Waals surface area contributed by atoms with Crippen molar-refractivity contribution in [1.29, 1.82) is 0 Å². The number of rotatable bonds is 6. The van der Waals surface area contributed by atoms with E-state index in [0.29, 0.717) is 24.9 Å². The van der Waals surface area contributed by atoms with Gasteiger partial charge in [-0.1, -0.05) is 36.4 Å². The number of aliphatic imine (C=N–C) groups is 1. The standard InChI is InChI=1S/C13H18N2O3.C10H13N/c1-15(8-4-5-9-16)13(18)14-10-11-6-2-3-7-12(11)17;1-9-6-4-3-5-7-11-10(2)8-9/h2-3,6-7,9,17H,4-5,8,10H2,1H3,(H,14,18);3-4,6-8H,5H2,1-2H3/b;4-3-,9-6+,10-8-,11-7?. The van der Waals surface area contributed by atoms with E-state index >= 15 is 0 Å². The van der Waals surface area contributed by atoms with Gasteiger partial charge in [-0.2, -0.15) is 0 Å². The maximum atomic E-state index is 11.7. The number of unbranched alkanes of at least 4 members (excludes halogenated alkanes) is 1. The van der Waals surface area contributed by atoms with Crippen LogP contribution in [0.4, 0.5) is 4.79 Å². The van der Waals surface area contributed by atoms with Crippen LogP contribution < -0.4 is 5.32 Å². The van der Waals surface area contributed by atoms with Gasteiger partial charge in [-0.25, -0.2) is 4.79 Å². The van der Waals surface area contributed by atoms with E-state index < -0.39 is 0 Å². The first kappa shape index (κ1) is 23.9. The second kappa shape index (κ2) is 13.9. The fourth-order valence-corrected chi connectivity index (χ4v) is 2.45. The van der Waals surface area contributed by atoms with Crippen molar-refractivity contribution < 1.29 is 14.7 Å². The van der Waals surface area contributed by atoms with Gasteiger partial charge >= 0.3 is 6.03 Å². The largest absolute Gasteiger partial charge is 0.508 e. The maximum absolute atomic E-state index is 11.7. The number of hydrogen-bond donors (Lipinski definition) is 2. The van der Waals surface area contributed by atoms with E-state index in [4.69, 9.17) is 0 Å². The van der Waals surface area contributed by atoms with Gasteiger partial charge in [0.2, 0.25) is 0 Å². The van der Waals surface area contributed by atoms with Crippen molar-refractivity contribution in [2.75, 3.05) is 13.6 Å². The SMILES string of the molecule is C/C1=C/C(C)=C/C=C\CC=N1.CN(CCCC=O)C(=O)NCc1ccccc1O. The lowest BCUT2D eigenvalue weighted by Gasteiger charge is -2.17. The Hall–Kier alpha value is -3.15. The summed E-state index contributed by atoms with van der Waals surface area (Å²) in [6, 6.07) is 6.64. The van der Waals surface area contributed by atoms with E-state index in [1.165, 1.54) is 10.5 Å². The predicted molar refractivity (Wildman–Crippen MR) is 118 cm³/mol. The Labute approximate surface area is 173 Å². The van der Waals surface area contributed by atoms with Crippen LogP contribution in [0.25, 0.3) is 0 Å². The van der Waals surface area contributed by atoms with Crippen molar-refractivity contribution in [3.8, 4) is 5.75 Å². The summed E-state index contributed by atoms with van der Waals surface area (Å²) < 4.78 is 0. The van der Waals surface area contributed by atoms with Crippen molar-refractivity contribution in [2.24, 2.45) is 4.99 Å². The monoisotopic (exact) mass is 397 g/mol. The first-order chi connectivity index (χ1) is 13.9. The molecule has 0 aliphatic carbocycles. The van der Waals surface area contributed by atoms with Crippen molar-refractivity contribution in [3.63, 3.8) is 0 Å². The lowest BCUT2D eigenvalue weighted by molar-refractivity contribution is -0.107. The van der Waals surface area contributed by atoms with Gasteiger partial charge in [-0.05, 0) is 38.0 Å². The molecule has 1 aliphatic rings. The average Bonchev–Trinajstić information content (AvgIpc) is 2.79. The number of hydrogen-bond acceptors (Lipinski definition) is 4. The van der Waals surface area contributed by atoms with Gasteiger partial charge in [0.05, 0.1) is 0 Å². The van der Waals surface area contributed by atoms with Gasteiger partial charge in [0.15, 0.2) is 0 Å². The molecule has 0 radical (unpaired) electrons. The summed E-state index contributed by atoms with van der Waals surface area (Å²) >= 11 is 0. The molecule has 29 heavy (non-hydrogen) atoms. The number of benzene rings is 1. The van der Waals surface area contributed by atoms with Gasteiger partial charge in [0.1, 0.15) is 12.0 Å². The van der Waals surface area contributed by atoms with E-state index in [-0.39, 0.29) is 18.3 Å². The number of amides is 2. The second-order valence-corrected chi connectivity index (χ2v) is 6.69. The van der Waals surface area contributed by atoms with E-state index in [1.54, 1.807) is 31.3 Å². The number of aromatic hydroxyl groups is 1. The Morgan fingerprint density at radius 2 is 2.07 bits per heavy atom. The quantitative estimate of drug-likeness (QED) is 0.552. The summed E-state index contributed by atoms with van der Waals surface area (Å²) in [6.45, 7) is 4.91. The molecule has 6 heteroatoms. The van der Waals surface area contributed by atoms with E-state index in [9.17, 15) is 14.7 Å². The van der Waals surface area contributed by atoms with Crippen LogP contribution in [-0.4, -0.2) is 42.1 Å². The average molecular weight is 398 g/mol.